The number of aromatic amines is 1. The number of para-hydroxylation sites is 1. The Labute approximate surface area is 191 Å². The number of rotatable bonds is 4. The summed E-state index contributed by atoms with van der Waals surface area (Å²) >= 11 is 1.54. The van der Waals surface area contributed by atoms with E-state index in [1.54, 1.807) is 7.05 Å². The van der Waals surface area contributed by atoms with Crippen LogP contribution in [0.1, 0.15) is 50.5 Å². The molecule has 2 amide bonds. The van der Waals surface area contributed by atoms with Crippen molar-refractivity contribution in [3.8, 4) is 0 Å². The van der Waals surface area contributed by atoms with Crippen LogP contribution >= 0.6 is 11.3 Å². The van der Waals surface area contributed by atoms with Gasteiger partial charge in [-0.25, -0.2) is 0 Å². The number of carbonyl (C=O) groups is 2. The molecule has 0 bridgehead atoms. The second kappa shape index (κ2) is 8.43. The lowest BCUT2D eigenvalue weighted by molar-refractivity contribution is 0.0615. The summed E-state index contributed by atoms with van der Waals surface area (Å²) in [7, 11) is 1.67. The SMILES string of the molecule is CNC(=O)c1sc2ccccc2c1CC1CCCCN1C(=O)c1c(C)[nH]c2ccccc12. The van der Waals surface area contributed by atoms with Gasteiger partial charge in [0.1, 0.15) is 0 Å². The van der Waals surface area contributed by atoms with Crippen LogP contribution in [0.3, 0.4) is 0 Å². The van der Waals surface area contributed by atoms with Gasteiger partial charge in [-0.2, -0.15) is 0 Å². The summed E-state index contributed by atoms with van der Waals surface area (Å²) in [5.74, 6) is 0.0352. The quantitative estimate of drug-likeness (QED) is 0.448. The fourth-order valence-electron chi connectivity index (χ4n) is 5.01. The Morgan fingerprint density at radius 1 is 1.09 bits per heavy atom. The van der Waals surface area contributed by atoms with E-state index in [4.69, 9.17) is 0 Å². The van der Waals surface area contributed by atoms with E-state index in [0.29, 0.717) is 6.42 Å². The molecule has 0 radical (unpaired) electrons. The molecule has 0 saturated carbocycles. The Bertz CT molecular complexity index is 1320. The van der Waals surface area contributed by atoms with Crippen molar-refractivity contribution in [3.63, 3.8) is 0 Å². The van der Waals surface area contributed by atoms with Gasteiger partial charge >= 0.3 is 0 Å². The Morgan fingerprint density at radius 3 is 2.66 bits per heavy atom. The van der Waals surface area contributed by atoms with Gasteiger partial charge in [-0.15, -0.1) is 11.3 Å². The molecule has 5 rings (SSSR count). The number of H-pyrrole nitrogens is 1. The molecule has 1 unspecified atom stereocenters. The Kier molecular flexibility index (Phi) is 5.47. The van der Waals surface area contributed by atoms with Crippen LogP contribution in [0.4, 0.5) is 0 Å². The highest BCUT2D eigenvalue weighted by Gasteiger charge is 2.32. The normalized spacial score (nSPS) is 16.6. The summed E-state index contributed by atoms with van der Waals surface area (Å²) in [5.41, 5.74) is 3.74. The molecule has 6 heteroatoms. The van der Waals surface area contributed by atoms with Crippen molar-refractivity contribution in [1.29, 1.82) is 0 Å². The standard InChI is InChI=1S/C26H27N3O2S/c1-16-23(19-11-3-5-12-21(19)28-16)26(31)29-14-8-7-9-17(29)15-20-18-10-4-6-13-22(18)32-24(20)25(30)27-2/h3-6,10-13,17,28H,7-9,14-15H2,1-2H3,(H,27,30). The van der Waals surface area contributed by atoms with E-state index in [2.05, 4.69) is 22.4 Å². The number of amides is 2. The number of thiophene rings is 1. The minimum atomic E-state index is -0.0534. The molecule has 0 spiro atoms. The predicted octanol–water partition coefficient (Wildman–Crippen LogP) is 5.29. The second-order valence-corrected chi connectivity index (χ2v) is 9.56. The van der Waals surface area contributed by atoms with Gasteiger partial charge in [0.15, 0.2) is 0 Å². The van der Waals surface area contributed by atoms with Gasteiger partial charge in [-0.3, -0.25) is 9.59 Å². The molecule has 1 fully saturated rings. The average Bonchev–Trinajstić information content (AvgIpc) is 3.35. The summed E-state index contributed by atoms with van der Waals surface area (Å²) in [4.78, 5) is 32.6. The van der Waals surface area contributed by atoms with Crippen molar-refractivity contribution >= 4 is 44.1 Å². The zero-order valence-corrected chi connectivity index (χ0v) is 19.2. The van der Waals surface area contributed by atoms with Crippen molar-refractivity contribution in [2.75, 3.05) is 13.6 Å². The molecule has 0 aliphatic carbocycles. The van der Waals surface area contributed by atoms with Gasteiger partial charge in [0.05, 0.1) is 10.4 Å². The lowest BCUT2D eigenvalue weighted by Crippen LogP contribution is -2.45. The molecule has 2 aromatic heterocycles. The van der Waals surface area contributed by atoms with E-state index in [1.807, 2.05) is 48.2 Å². The smallest absolute Gasteiger partial charge is 0.261 e. The van der Waals surface area contributed by atoms with Gasteiger partial charge in [0.2, 0.25) is 0 Å². The lowest BCUT2D eigenvalue weighted by atomic mass is 9.93. The van der Waals surface area contributed by atoms with Gasteiger partial charge in [0.25, 0.3) is 11.8 Å². The summed E-state index contributed by atoms with van der Waals surface area (Å²) < 4.78 is 1.11. The van der Waals surface area contributed by atoms with Crippen LogP contribution in [-0.2, 0) is 6.42 Å². The van der Waals surface area contributed by atoms with E-state index >= 15 is 0 Å². The third-order valence-corrected chi connectivity index (χ3v) is 7.78. The molecular formula is C26H27N3O2S. The zero-order chi connectivity index (χ0) is 22.2. The maximum absolute atomic E-state index is 13.8. The monoisotopic (exact) mass is 445 g/mol. The number of benzene rings is 2. The first-order chi connectivity index (χ1) is 15.6. The van der Waals surface area contributed by atoms with E-state index in [1.165, 1.54) is 11.3 Å². The molecule has 32 heavy (non-hydrogen) atoms. The van der Waals surface area contributed by atoms with E-state index in [-0.39, 0.29) is 17.9 Å². The zero-order valence-electron chi connectivity index (χ0n) is 18.4. The van der Waals surface area contributed by atoms with E-state index in [0.717, 1.165) is 68.5 Å². The maximum atomic E-state index is 13.8. The molecule has 3 heterocycles. The van der Waals surface area contributed by atoms with Crippen LogP contribution in [0, 0.1) is 6.92 Å². The maximum Gasteiger partial charge on any atom is 0.261 e. The molecule has 164 valence electrons. The van der Waals surface area contributed by atoms with Crippen LogP contribution < -0.4 is 5.32 Å². The van der Waals surface area contributed by atoms with Crippen LogP contribution in [0.25, 0.3) is 21.0 Å². The highest BCUT2D eigenvalue weighted by Crippen LogP contribution is 2.35. The summed E-state index contributed by atoms with van der Waals surface area (Å²) in [5, 5.41) is 4.89. The number of nitrogens with one attached hydrogen (secondary N) is 2. The molecule has 2 aromatic carbocycles. The van der Waals surface area contributed by atoms with Crippen molar-refractivity contribution in [1.82, 2.24) is 15.2 Å². The molecule has 1 aliphatic heterocycles. The van der Waals surface area contributed by atoms with Crippen LogP contribution in [0.5, 0.6) is 0 Å². The van der Waals surface area contributed by atoms with Crippen molar-refractivity contribution in [3.05, 3.63) is 70.2 Å². The third kappa shape index (κ3) is 3.48. The first-order valence-corrected chi connectivity index (χ1v) is 12.0. The number of nitrogens with zero attached hydrogens (tertiary/aromatic N) is 1. The average molecular weight is 446 g/mol. The number of fused-ring (bicyclic) bond motifs is 2. The van der Waals surface area contributed by atoms with Crippen molar-refractivity contribution in [2.45, 2.75) is 38.6 Å². The van der Waals surface area contributed by atoms with E-state index in [9.17, 15) is 9.59 Å². The van der Waals surface area contributed by atoms with Gasteiger partial charge in [0, 0.05) is 40.9 Å². The largest absolute Gasteiger partial charge is 0.358 e. The van der Waals surface area contributed by atoms with Crippen molar-refractivity contribution in [2.24, 2.45) is 0 Å². The van der Waals surface area contributed by atoms with Crippen LogP contribution in [0.15, 0.2) is 48.5 Å². The molecule has 1 atom stereocenters. The lowest BCUT2D eigenvalue weighted by Gasteiger charge is -2.36. The summed E-state index contributed by atoms with van der Waals surface area (Å²) in [6.45, 7) is 2.72. The number of hydrogen-bond acceptors (Lipinski definition) is 3. The first kappa shape index (κ1) is 20.8. The van der Waals surface area contributed by atoms with Gasteiger partial charge in [-0.05, 0) is 55.7 Å². The van der Waals surface area contributed by atoms with Gasteiger partial charge in [-0.1, -0.05) is 36.4 Å². The molecule has 2 N–H and O–H groups in total. The van der Waals surface area contributed by atoms with Crippen LogP contribution in [-0.4, -0.2) is 41.3 Å². The second-order valence-electron chi connectivity index (χ2n) is 8.51. The molecule has 1 saturated heterocycles. The Morgan fingerprint density at radius 2 is 1.84 bits per heavy atom. The highest BCUT2D eigenvalue weighted by atomic mass is 32.1. The fraction of sp³-hybridized carbons (Fsp3) is 0.308. The first-order valence-electron chi connectivity index (χ1n) is 11.2. The minimum Gasteiger partial charge on any atom is -0.358 e. The fourth-order valence-corrected chi connectivity index (χ4v) is 6.19. The van der Waals surface area contributed by atoms with Crippen LogP contribution in [0.2, 0.25) is 0 Å². The van der Waals surface area contributed by atoms with Gasteiger partial charge < -0.3 is 15.2 Å². The highest BCUT2D eigenvalue weighted by molar-refractivity contribution is 7.21. The topological polar surface area (TPSA) is 65.2 Å². The number of hydrogen-bond donors (Lipinski definition) is 2. The summed E-state index contributed by atoms with van der Waals surface area (Å²) in [6.07, 6.45) is 3.75. The number of aryl methyl sites for hydroxylation is 1. The van der Waals surface area contributed by atoms with Crippen molar-refractivity contribution < 1.29 is 9.59 Å². The number of carbonyl (C=O) groups excluding carboxylic acids is 2. The number of piperidine rings is 1. The van der Waals surface area contributed by atoms with E-state index < -0.39 is 0 Å². The Balaban J connectivity index is 1.53. The number of likely N-dealkylation sites (tertiary alicyclic amines) is 1. The summed E-state index contributed by atoms with van der Waals surface area (Å²) in [6, 6.07) is 16.2. The predicted molar refractivity (Wildman–Crippen MR) is 131 cm³/mol. The number of aromatic nitrogens is 1. The third-order valence-electron chi connectivity index (χ3n) is 6.57. The molecule has 4 aromatic rings. The molecule has 5 nitrogen and oxygen atoms in total. The molecular weight excluding hydrogens is 418 g/mol. The molecule has 1 aliphatic rings. The Hall–Kier alpha value is -3.12. The minimum absolute atomic E-state index is 0.0534.